The van der Waals surface area contributed by atoms with Gasteiger partial charge in [-0.25, -0.2) is 0 Å². The van der Waals surface area contributed by atoms with Gasteiger partial charge in [-0.1, -0.05) is 42.5 Å². The SMILES string of the molecule is Cc1cccc2c1N(Cc1ccc(CN3CCOCC3)cc1)CCCC2. The van der Waals surface area contributed by atoms with E-state index in [4.69, 9.17) is 4.74 Å². The van der Waals surface area contributed by atoms with Crippen LogP contribution in [-0.4, -0.2) is 37.7 Å². The largest absolute Gasteiger partial charge is 0.379 e. The van der Waals surface area contributed by atoms with Gasteiger partial charge in [0, 0.05) is 38.4 Å². The molecule has 1 saturated heterocycles. The summed E-state index contributed by atoms with van der Waals surface area (Å²) in [5, 5.41) is 0. The number of rotatable bonds is 4. The zero-order valence-corrected chi connectivity index (χ0v) is 15.9. The molecule has 2 aromatic rings. The van der Waals surface area contributed by atoms with Crippen LogP contribution in [0.15, 0.2) is 42.5 Å². The number of para-hydroxylation sites is 1. The predicted molar refractivity (Wildman–Crippen MR) is 108 cm³/mol. The molecule has 2 heterocycles. The molecule has 26 heavy (non-hydrogen) atoms. The van der Waals surface area contributed by atoms with E-state index in [1.165, 1.54) is 47.2 Å². The third-order valence-electron chi connectivity index (χ3n) is 5.67. The zero-order chi connectivity index (χ0) is 17.8. The van der Waals surface area contributed by atoms with E-state index < -0.39 is 0 Å². The van der Waals surface area contributed by atoms with Crippen LogP contribution >= 0.6 is 0 Å². The molecule has 0 atom stereocenters. The number of aryl methyl sites for hydroxylation is 2. The second-order valence-electron chi connectivity index (χ2n) is 7.67. The van der Waals surface area contributed by atoms with E-state index in [1.54, 1.807) is 0 Å². The molecule has 3 heteroatoms. The van der Waals surface area contributed by atoms with E-state index in [2.05, 4.69) is 59.2 Å². The molecule has 4 rings (SSSR count). The number of anilines is 1. The summed E-state index contributed by atoms with van der Waals surface area (Å²) in [6.45, 7) is 9.29. The first-order chi connectivity index (χ1) is 12.8. The third kappa shape index (κ3) is 4.11. The maximum absolute atomic E-state index is 5.44. The van der Waals surface area contributed by atoms with Crippen LogP contribution in [0.1, 0.15) is 35.1 Å². The first kappa shape index (κ1) is 17.6. The normalized spacial score (nSPS) is 18.4. The molecule has 1 fully saturated rings. The molecule has 0 amide bonds. The molecule has 0 aliphatic carbocycles. The first-order valence-corrected chi connectivity index (χ1v) is 10.0. The van der Waals surface area contributed by atoms with Crippen LogP contribution in [0.5, 0.6) is 0 Å². The Hall–Kier alpha value is -1.84. The van der Waals surface area contributed by atoms with Crippen LogP contribution in [0.3, 0.4) is 0 Å². The highest BCUT2D eigenvalue weighted by Crippen LogP contribution is 2.31. The zero-order valence-electron chi connectivity index (χ0n) is 15.9. The van der Waals surface area contributed by atoms with Crippen molar-refractivity contribution in [3.8, 4) is 0 Å². The van der Waals surface area contributed by atoms with Gasteiger partial charge in [-0.05, 0) is 48.4 Å². The minimum Gasteiger partial charge on any atom is -0.379 e. The molecule has 0 spiro atoms. The predicted octanol–water partition coefficient (Wildman–Crippen LogP) is 4.17. The van der Waals surface area contributed by atoms with E-state index in [0.717, 1.165) is 45.9 Å². The smallest absolute Gasteiger partial charge is 0.0594 e. The van der Waals surface area contributed by atoms with Crippen LogP contribution in [0.25, 0.3) is 0 Å². The molecule has 138 valence electrons. The summed E-state index contributed by atoms with van der Waals surface area (Å²) in [7, 11) is 0. The highest BCUT2D eigenvalue weighted by molar-refractivity contribution is 5.60. The number of hydrogen-bond acceptors (Lipinski definition) is 3. The van der Waals surface area contributed by atoms with Crippen molar-refractivity contribution >= 4 is 5.69 Å². The van der Waals surface area contributed by atoms with E-state index >= 15 is 0 Å². The Kier molecular flexibility index (Phi) is 5.57. The van der Waals surface area contributed by atoms with Crippen molar-refractivity contribution in [3.05, 3.63) is 64.7 Å². The minimum atomic E-state index is 0.867. The molecule has 0 aromatic heterocycles. The minimum absolute atomic E-state index is 0.867. The van der Waals surface area contributed by atoms with Crippen molar-refractivity contribution < 1.29 is 4.74 Å². The maximum Gasteiger partial charge on any atom is 0.0594 e. The summed E-state index contributed by atoms with van der Waals surface area (Å²) in [4.78, 5) is 5.07. The van der Waals surface area contributed by atoms with Gasteiger partial charge in [0.2, 0.25) is 0 Å². The van der Waals surface area contributed by atoms with Crippen molar-refractivity contribution in [3.63, 3.8) is 0 Å². The lowest BCUT2D eigenvalue weighted by Crippen LogP contribution is -2.35. The lowest BCUT2D eigenvalue weighted by molar-refractivity contribution is 0.0342. The lowest BCUT2D eigenvalue weighted by Gasteiger charge is -2.28. The van der Waals surface area contributed by atoms with Gasteiger partial charge in [0.05, 0.1) is 13.2 Å². The highest BCUT2D eigenvalue weighted by atomic mass is 16.5. The van der Waals surface area contributed by atoms with Crippen molar-refractivity contribution in [2.24, 2.45) is 0 Å². The van der Waals surface area contributed by atoms with Gasteiger partial charge in [-0.2, -0.15) is 0 Å². The topological polar surface area (TPSA) is 15.7 Å². The molecule has 0 radical (unpaired) electrons. The van der Waals surface area contributed by atoms with E-state index in [-0.39, 0.29) is 0 Å². The lowest BCUT2D eigenvalue weighted by atomic mass is 10.0. The second kappa shape index (κ2) is 8.24. The van der Waals surface area contributed by atoms with E-state index in [1.807, 2.05) is 0 Å². The fourth-order valence-corrected chi connectivity index (χ4v) is 4.25. The van der Waals surface area contributed by atoms with E-state index in [0.29, 0.717) is 0 Å². The molecule has 0 N–H and O–H groups in total. The number of fused-ring (bicyclic) bond motifs is 1. The average Bonchev–Trinajstić information content (AvgIpc) is 2.87. The molecule has 0 bridgehead atoms. The van der Waals surface area contributed by atoms with Gasteiger partial charge < -0.3 is 9.64 Å². The van der Waals surface area contributed by atoms with Crippen molar-refractivity contribution in [2.45, 2.75) is 39.3 Å². The van der Waals surface area contributed by atoms with Gasteiger partial charge in [0.25, 0.3) is 0 Å². The highest BCUT2D eigenvalue weighted by Gasteiger charge is 2.17. The van der Waals surface area contributed by atoms with Crippen LogP contribution in [0.4, 0.5) is 5.69 Å². The number of benzene rings is 2. The summed E-state index contributed by atoms with van der Waals surface area (Å²) in [6, 6.07) is 16.0. The number of hydrogen-bond donors (Lipinski definition) is 0. The van der Waals surface area contributed by atoms with Crippen molar-refractivity contribution in [2.75, 3.05) is 37.7 Å². The Bertz CT molecular complexity index is 719. The third-order valence-corrected chi connectivity index (χ3v) is 5.67. The average molecular weight is 351 g/mol. The Morgan fingerprint density at radius 2 is 1.58 bits per heavy atom. The Balaban J connectivity index is 1.46. The Morgan fingerprint density at radius 3 is 2.35 bits per heavy atom. The summed E-state index contributed by atoms with van der Waals surface area (Å²) in [5.41, 5.74) is 7.22. The molecular formula is C23H30N2O. The molecule has 0 unspecified atom stereocenters. The van der Waals surface area contributed by atoms with Gasteiger partial charge >= 0.3 is 0 Å². The van der Waals surface area contributed by atoms with Gasteiger partial charge in [-0.3, -0.25) is 4.90 Å². The van der Waals surface area contributed by atoms with Crippen LogP contribution in [-0.2, 0) is 24.2 Å². The Morgan fingerprint density at radius 1 is 0.846 bits per heavy atom. The monoisotopic (exact) mass is 350 g/mol. The molecule has 0 saturated carbocycles. The number of morpholine rings is 1. The van der Waals surface area contributed by atoms with Crippen molar-refractivity contribution in [1.82, 2.24) is 4.90 Å². The summed E-state index contributed by atoms with van der Waals surface area (Å²) < 4.78 is 5.44. The summed E-state index contributed by atoms with van der Waals surface area (Å²) >= 11 is 0. The molecule has 3 nitrogen and oxygen atoms in total. The molecule has 2 aliphatic rings. The van der Waals surface area contributed by atoms with Crippen LogP contribution in [0, 0.1) is 6.92 Å². The first-order valence-electron chi connectivity index (χ1n) is 10.0. The number of ether oxygens (including phenoxy) is 1. The standard InChI is InChI=1S/C23H30N2O/c1-19-5-4-7-22-6-2-3-12-25(23(19)22)18-21-10-8-20(9-11-21)17-24-13-15-26-16-14-24/h4-5,7-11H,2-3,6,12-18H2,1H3. The van der Waals surface area contributed by atoms with Gasteiger partial charge in [0.15, 0.2) is 0 Å². The molecule has 2 aromatic carbocycles. The van der Waals surface area contributed by atoms with Gasteiger partial charge in [-0.15, -0.1) is 0 Å². The quantitative estimate of drug-likeness (QED) is 0.823. The maximum atomic E-state index is 5.44. The fraction of sp³-hybridized carbons (Fsp3) is 0.478. The molecule has 2 aliphatic heterocycles. The second-order valence-corrected chi connectivity index (χ2v) is 7.67. The van der Waals surface area contributed by atoms with Crippen LogP contribution in [0.2, 0.25) is 0 Å². The van der Waals surface area contributed by atoms with Crippen LogP contribution < -0.4 is 4.90 Å². The van der Waals surface area contributed by atoms with Gasteiger partial charge in [0.1, 0.15) is 0 Å². The molecular weight excluding hydrogens is 320 g/mol. The van der Waals surface area contributed by atoms with Crippen molar-refractivity contribution in [1.29, 1.82) is 0 Å². The fourth-order valence-electron chi connectivity index (χ4n) is 4.25. The summed E-state index contributed by atoms with van der Waals surface area (Å²) in [5.74, 6) is 0. The number of nitrogens with zero attached hydrogens (tertiary/aromatic N) is 2. The van der Waals surface area contributed by atoms with E-state index in [9.17, 15) is 0 Å². The summed E-state index contributed by atoms with van der Waals surface area (Å²) in [6.07, 6.45) is 3.79. The Labute approximate surface area is 157 Å².